The van der Waals surface area contributed by atoms with Crippen LogP contribution in [0.4, 0.5) is 0 Å². The molecule has 116 valence electrons. The first-order valence-corrected chi connectivity index (χ1v) is 8.49. The highest BCUT2D eigenvalue weighted by molar-refractivity contribution is 7.10. The topological polar surface area (TPSA) is 53.4 Å². The average molecular weight is 316 g/mol. The summed E-state index contributed by atoms with van der Waals surface area (Å²) in [5, 5.41) is 11.7. The van der Waals surface area contributed by atoms with Gasteiger partial charge in [-0.2, -0.15) is 0 Å². The van der Waals surface area contributed by atoms with Crippen LogP contribution in [0.1, 0.15) is 41.3 Å². The molecule has 1 N–H and O–H groups in total. The molecule has 1 fully saturated rings. The van der Waals surface area contributed by atoms with Crippen LogP contribution < -0.4 is 0 Å². The maximum absolute atomic E-state index is 11.7. The fourth-order valence-electron chi connectivity index (χ4n) is 3.22. The number of rotatable bonds is 4. The van der Waals surface area contributed by atoms with E-state index in [2.05, 4.69) is 28.3 Å². The maximum Gasteiger partial charge on any atom is 0.320 e. The molecule has 2 atom stereocenters. The second-order valence-corrected chi connectivity index (χ2v) is 6.69. The molecule has 0 amide bonds. The number of hydrogen-bond donors (Lipinski definition) is 1. The van der Waals surface area contributed by atoms with Crippen LogP contribution in [0, 0.1) is 6.92 Å². The molecule has 0 aliphatic carbocycles. The van der Waals surface area contributed by atoms with Crippen LogP contribution >= 0.6 is 11.3 Å². The Balaban J connectivity index is 2.05. The van der Waals surface area contributed by atoms with Gasteiger partial charge in [0.1, 0.15) is 6.04 Å². The molecule has 0 radical (unpaired) electrons. The van der Waals surface area contributed by atoms with Gasteiger partial charge in [0.15, 0.2) is 0 Å². The molecule has 2 aromatic rings. The fraction of sp³-hybridized carbons (Fsp3) is 0.412. The Labute approximate surface area is 134 Å². The van der Waals surface area contributed by atoms with Gasteiger partial charge in [-0.15, -0.1) is 11.3 Å². The van der Waals surface area contributed by atoms with E-state index in [0.717, 1.165) is 31.4 Å². The van der Waals surface area contributed by atoms with Crippen molar-refractivity contribution in [2.24, 2.45) is 0 Å². The molecule has 0 aromatic carbocycles. The molecular weight excluding hydrogens is 296 g/mol. The van der Waals surface area contributed by atoms with E-state index in [4.69, 9.17) is 0 Å². The molecule has 22 heavy (non-hydrogen) atoms. The SMILES string of the molecule is Cc1ccsc1C(c1cccnc1)N1CCCCC1C(=O)O. The number of hydrogen-bond acceptors (Lipinski definition) is 4. The number of carboxylic acids is 1. The lowest BCUT2D eigenvalue weighted by Crippen LogP contribution is -2.46. The summed E-state index contributed by atoms with van der Waals surface area (Å²) in [5.41, 5.74) is 2.29. The Morgan fingerprint density at radius 2 is 2.32 bits per heavy atom. The Morgan fingerprint density at radius 1 is 1.45 bits per heavy atom. The van der Waals surface area contributed by atoms with Crippen molar-refractivity contribution in [3.63, 3.8) is 0 Å². The second-order valence-electron chi connectivity index (χ2n) is 5.74. The van der Waals surface area contributed by atoms with E-state index in [1.54, 1.807) is 17.5 Å². The number of aryl methyl sites for hydroxylation is 1. The number of aliphatic carboxylic acids is 1. The number of carbonyl (C=O) groups is 1. The van der Waals surface area contributed by atoms with E-state index in [1.165, 1.54) is 10.4 Å². The van der Waals surface area contributed by atoms with Crippen LogP contribution in [0.15, 0.2) is 36.0 Å². The molecule has 0 saturated carbocycles. The van der Waals surface area contributed by atoms with Crippen molar-refractivity contribution in [2.75, 3.05) is 6.54 Å². The van der Waals surface area contributed by atoms with Gasteiger partial charge in [0.2, 0.25) is 0 Å². The van der Waals surface area contributed by atoms with Gasteiger partial charge < -0.3 is 5.11 Å². The Morgan fingerprint density at radius 3 is 2.95 bits per heavy atom. The van der Waals surface area contributed by atoms with Crippen LogP contribution in [0.25, 0.3) is 0 Å². The lowest BCUT2D eigenvalue weighted by atomic mass is 9.95. The van der Waals surface area contributed by atoms with Crippen LogP contribution in [-0.4, -0.2) is 33.5 Å². The molecule has 2 unspecified atom stereocenters. The summed E-state index contributed by atoms with van der Waals surface area (Å²) < 4.78 is 0. The predicted molar refractivity (Wildman–Crippen MR) is 87.1 cm³/mol. The van der Waals surface area contributed by atoms with Crippen molar-refractivity contribution in [1.82, 2.24) is 9.88 Å². The monoisotopic (exact) mass is 316 g/mol. The third-order valence-corrected chi connectivity index (χ3v) is 5.38. The normalized spacial score (nSPS) is 20.7. The minimum Gasteiger partial charge on any atom is -0.480 e. The van der Waals surface area contributed by atoms with E-state index in [1.807, 2.05) is 18.3 Å². The molecule has 1 aliphatic rings. The Bertz CT molecular complexity index is 641. The van der Waals surface area contributed by atoms with Gasteiger partial charge >= 0.3 is 5.97 Å². The minimum absolute atomic E-state index is 0.0184. The standard InChI is InChI=1S/C17H20N2O2S/c1-12-7-10-22-16(12)15(13-5-4-8-18-11-13)19-9-3-2-6-14(19)17(20)21/h4-5,7-8,10-11,14-15H,2-3,6,9H2,1H3,(H,20,21). The van der Waals surface area contributed by atoms with Gasteiger partial charge in [0.05, 0.1) is 6.04 Å². The lowest BCUT2D eigenvalue weighted by molar-refractivity contribution is -0.145. The molecule has 2 aromatic heterocycles. The third kappa shape index (κ3) is 2.91. The van der Waals surface area contributed by atoms with Crippen molar-refractivity contribution in [3.8, 4) is 0 Å². The zero-order valence-corrected chi connectivity index (χ0v) is 13.4. The quantitative estimate of drug-likeness (QED) is 0.938. The molecule has 3 heterocycles. The molecular formula is C17H20N2O2S. The van der Waals surface area contributed by atoms with Gasteiger partial charge in [0, 0.05) is 17.3 Å². The Kier molecular flexibility index (Phi) is 4.55. The van der Waals surface area contributed by atoms with Gasteiger partial charge in [-0.1, -0.05) is 12.5 Å². The first-order valence-electron chi connectivity index (χ1n) is 7.61. The first kappa shape index (κ1) is 15.2. The number of likely N-dealkylation sites (tertiary alicyclic amines) is 1. The third-order valence-electron chi connectivity index (χ3n) is 4.31. The number of nitrogens with zero attached hydrogens (tertiary/aromatic N) is 2. The molecule has 3 rings (SSSR count). The maximum atomic E-state index is 11.7. The van der Waals surface area contributed by atoms with Gasteiger partial charge in [-0.05, 0) is 54.9 Å². The number of piperidine rings is 1. The first-order chi connectivity index (χ1) is 10.7. The molecule has 4 nitrogen and oxygen atoms in total. The van der Waals surface area contributed by atoms with Crippen molar-refractivity contribution >= 4 is 17.3 Å². The largest absolute Gasteiger partial charge is 0.480 e. The lowest BCUT2D eigenvalue weighted by Gasteiger charge is -2.39. The van der Waals surface area contributed by atoms with Crippen molar-refractivity contribution < 1.29 is 9.90 Å². The average Bonchev–Trinajstić information content (AvgIpc) is 2.95. The summed E-state index contributed by atoms with van der Waals surface area (Å²) in [7, 11) is 0. The highest BCUT2D eigenvalue weighted by Gasteiger charge is 2.36. The second kappa shape index (κ2) is 6.58. The van der Waals surface area contributed by atoms with E-state index in [9.17, 15) is 9.90 Å². The smallest absolute Gasteiger partial charge is 0.320 e. The van der Waals surface area contributed by atoms with Crippen LogP contribution in [0.2, 0.25) is 0 Å². The van der Waals surface area contributed by atoms with Crippen LogP contribution in [-0.2, 0) is 4.79 Å². The number of carboxylic acid groups (broad SMARTS) is 1. The molecule has 5 heteroatoms. The summed E-state index contributed by atoms with van der Waals surface area (Å²) in [6, 6.07) is 5.63. The molecule has 0 spiro atoms. The van der Waals surface area contributed by atoms with E-state index < -0.39 is 12.0 Å². The van der Waals surface area contributed by atoms with Gasteiger partial charge in [0.25, 0.3) is 0 Å². The summed E-state index contributed by atoms with van der Waals surface area (Å²) in [6.45, 7) is 2.91. The zero-order valence-electron chi connectivity index (χ0n) is 12.6. The van der Waals surface area contributed by atoms with E-state index in [-0.39, 0.29) is 6.04 Å². The number of thiophene rings is 1. The van der Waals surface area contributed by atoms with Crippen molar-refractivity contribution in [2.45, 2.75) is 38.3 Å². The summed E-state index contributed by atoms with van der Waals surface area (Å²) in [5.74, 6) is -0.720. The van der Waals surface area contributed by atoms with Gasteiger partial charge in [-0.3, -0.25) is 14.7 Å². The summed E-state index contributed by atoms with van der Waals surface area (Å²) in [4.78, 5) is 19.3. The highest BCUT2D eigenvalue weighted by atomic mass is 32.1. The number of pyridine rings is 1. The summed E-state index contributed by atoms with van der Waals surface area (Å²) in [6.07, 6.45) is 6.36. The van der Waals surface area contributed by atoms with Crippen molar-refractivity contribution in [3.05, 3.63) is 52.0 Å². The predicted octanol–water partition coefficient (Wildman–Crippen LogP) is 3.48. The van der Waals surface area contributed by atoms with E-state index >= 15 is 0 Å². The number of aromatic nitrogens is 1. The summed E-state index contributed by atoms with van der Waals surface area (Å²) >= 11 is 1.70. The fourth-order valence-corrected chi connectivity index (χ4v) is 4.30. The molecule has 0 bridgehead atoms. The zero-order chi connectivity index (χ0) is 15.5. The minimum atomic E-state index is -0.720. The van der Waals surface area contributed by atoms with Crippen molar-refractivity contribution in [1.29, 1.82) is 0 Å². The van der Waals surface area contributed by atoms with Crippen LogP contribution in [0.5, 0.6) is 0 Å². The molecule has 1 aliphatic heterocycles. The Hall–Kier alpha value is -1.72. The van der Waals surface area contributed by atoms with Crippen LogP contribution in [0.3, 0.4) is 0 Å². The highest BCUT2D eigenvalue weighted by Crippen LogP contribution is 2.37. The molecule has 1 saturated heterocycles. The van der Waals surface area contributed by atoms with E-state index in [0.29, 0.717) is 0 Å². The van der Waals surface area contributed by atoms with Gasteiger partial charge in [-0.25, -0.2) is 0 Å².